The number of amides is 2. The molecule has 0 saturated carbocycles. The van der Waals surface area contributed by atoms with Crippen LogP contribution in [0.15, 0.2) is 24.3 Å². The normalized spacial score (nSPS) is 21.6. The monoisotopic (exact) mass is 345 g/mol. The summed E-state index contributed by atoms with van der Waals surface area (Å²) in [4.78, 5) is 28.9. The zero-order valence-corrected chi connectivity index (χ0v) is 14.9. The van der Waals surface area contributed by atoms with E-state index < -0.39 is 0 Å². The van der Waals surface area contributed by atoms with Crippen molar-refractivity contribution in [2.45, 2.75) is 19.8 Å². The first kappa shape index (κ1) is 17.9. The number of carbonyl (C=O) groups is 2. The van der Waals surface area contributed by atoms with E-state index in [2.05, 4.69) is 17.1 Å². The summed E-state index contributed by atoms with van der Waals surface area (Å²) in [6.07, 6.45) is 1.16. The number of aryl methyl sites for hydroxylation is 1. The fraction of sp³-hybridized carbons (Fsp3) is 0.579. The quantitative estimate of drug-likeness (QED) is 0.837. The van der Waals surface area contributed by atoms with Crippen molar-refractivity contribution in [3.63, 3.8) is 0 Å². The number of morpholine rings is 1. The van der Waals surface area contributed by atoms with Gasteiger partial charge in [-0.15, -0.1) is 0 Å². The van der Waals surface area contributed by atoms with E-state index in [1.54, 1.807) is 4.90 Å². The maximum absolute atomic E-state index is 12.4. The summed E-state index contributed by atoms with van der Waals surface area (Å²) in [7, 11) is 0. The zero-order chi connectivity index (χ0) is 17.6. The highest BCUT2D eigenvalue weighted by molar-refractivity contribution is 6.00. The molecule has 136 valence electrons. The summed E-state index contributed by atoms with van der Waals surface area (Å²) in [5.41, 5.74) is 2.09. The van der Waals surface area contributed by atoms with Crippen molar-refractivity contribution in [1.29, 1.82) is 0 Å². The maximum Gasteiger partial charge on any atom is 0.227 e. The number of hydrogen-bond acceptors (Lipinski definition) is 4. The molecule has 0 bridgehead atoms. The summed E-state index contributed by atoms with van der Waals surface area (Å²) in [6.45, 7) is 7.36. The van der Waals surface area contributed by atoms with Crippen LogP contribution < -0.4 is 10.2 Å². The van der Waals surface area contributed by atoms with E-state index in [9.17, 15) is 9.59 Å². The molecule has 2 fully saturated rings. The molecule has 3 rings (SSSR count). The summed E-state index contributed by atoms with van der Waals surface area (Å²) in [6, 6.07) is 7.93. The highest BCUT2D eigenvalue weighted by Gasteiger charge is 2.35. The predicted molar refractivity (Wildman–Crippen MR) is 96.5 cm³/mol. The van der Waals surface area contributed by atoms with Crippen molar-refractivity contribution in [1.82, 2.24) is 10.2 Å². The molecule has 1 atom stereocenters. The molecule has 2 aliphatic heterocycles. The van der Waals surface area contributed by atoms with Crippen molar-refractivity contribution in [2.24, 2.45) is 5.92 Å². The third-order valence-corrected chi connectivity index (χ3v) is 4.99. The lowest BCUT2D eigenvalue weighted by Gasteiger charge is -2.26. The summed E-state index contributed by atoms with van der Waals surface area (Å²) < 4.78 is 5.32. The van der Waals surface area contributed by atoms with Gasteiger partial charge in [0.1, 0.15) is 0 Å². The van der Waals surface area contributed by atoms with Crippen molar-refractivity contribution in [3.05, 3.63) is 29.8 Å². The maximum atomic E-state index is 12.4. The zero-order valence-electron chi connectivity index (χ0n) is 14.9. The van der Waals surface area contributed by atoms with E-state index in [0.717, 1.165) is 50.5 Å². The molecule has 0 unspecified atom stereocenters. The predicted octanol–water partition coefficient (Wildman–Crippen LogP) is 1.05. The van der Waals surface area contributed by atoms with Gasteiger partial charge in [-0.2, -0.15) is 0 Å². The van der Waals surface area contributed by atoms with Gasteiger partial charge in [-0.05, 0) is 18.1 Å². The Bertz CT molecular complexity index is 614. The van der Waals surface area contributed by atoms with Crippen LogP contribution in [0.3, 0.4) is 0 Å². The van der Waals surface area contributed by atoms with Crippen LogP contribution in [0, 0.1) is 5.92 Å². The lowest BCUT2D eigenvalue weighted by molar-refractivity contribution is -0.126. The number of nitrogens with zero attached hydrogens (tertiary/aromatic N) is 2. The average molecular weight is 345 g/mol. The van der Waals surface area contributed by atoms with Gasteiger partial charge in [-0.1, -0.05) is 25.1 Å². The molecule has 6 heteroatoms. The van der Waals surface area contributed by atoms with Crippen molar-refractivity contribution in [2.75, 3.05) is 50.8 Å². The van der Waals surface area contributed by atoms with Crippen LogP contribution in [0.2, 0.25) is 0 Å². The first-order valence-electron chi connectivity index (χ1n) is 9.15. The van der Waals surface area contributed by atoms with Crippen LogP contribution in [-0.4, -0.2) is 62.7 Å². The Balaban J connectivity index is 1.52. The lowest BCUT2D eigenvalue weighted by Crippen LogP contribution is -2.42. The van der Waals surface area contributed by atoms with Gasteiger partial charge in [0.25, 0.3) is 0 Å². The molecule has 0 aliphatic carbocycles. The molecule has 1 N–H and O–H groups in total. The minimum atomic E-state index is -0.262. The van der Waals surface area contributed by atoms with Gasteiger partial charge < -0.3 is 15.0 Å². The number of anilines is 1. The Hall–Kier alpha value is -1.92. The number of benzene rings is 1. The van der Waals surface area contributed by atoms with E-state index in [4.69, 9.17) is 4.74 Å². The average Bonchev–Trinajstić information content (AvgIpc) is 3.04. The standard InChI is InChI=1S/C19H27N3O3/c1-2-15-5-3-4-6-17(15)22-14-16(13-18(22)23)19(24)20-7-8-21-9-11-25-12-10-21/h3-6,16H,2,7-14H2,1H3,(H,20,24)/t16-/m1/s1. The SMILES string of the molecule is CCc1ccccc1N1C[C@H](C(=O)NCCN2CCOCC2)CC1=O. The molecular formula is C19H27N3O3. The van der Waals surface area contributed by atoms with Gasteiger partial charge in [0.05, 0.1) is 19.1 Å². The molecule has 0 spiro atoms. The minimum absolute atomic E-state index is 0.0157. The Morgan fingerprint density at radius 1 is 1.28 bits per heavy atom. The molecule has 2 aliphatic rings. The van der Waals surface area contributed by atoms with Crippen molar-refractivity contribution >= 4 is 17.5 Å². The van der Waals surface area contributed by atoms with Crippen molar-refractivity contribution < 1.29 is 14.3 Å². The van der Waals surface area contributed by atoms with Gasteiger partial charge in [-0.3, -0.25) is 14.5 Å². The van der Waals surface area contributed by atoms with Gasteiger partial charge in [0.15, 0.2) is 0 Å². The van der Waals surface area contributed by atoms with Gasteiger partial charge in [0.2, 0.25) is 11.8 Å². The van der Waals surface area contributed by atoms with Crippen LogP contribution >= 0.6 is 0 Å². The Labute approximate surface area is 149 Å². The summed E-state index contributed by atoms with van der Waals surface area (Å²) >= 11 is 0. The van der Waals surface area contributed by atoms with Crippen LogP contribution in [0.4, 0.5) is 5.69 Å². The molecule has 6 nitrogen and oxygen atoms in total. The van der Waals surface area contributed by atoms with Gasteiger partial charge in [0, 0.05) is 44.8 Å². The number of nitrogens with one attached hydrogen (secondary N) is 1. The molecule has 2 amide bonds. The van der Waals surface area contributed by atoms with E-state index >= 15 is 0 Å². The molecule has 1 aromatic carbocycles. The highest BCUT2D eigenvalue weighted by Crippen LogP contribution is 2.28. The molecule has 1 aromatic rings. The second-order valence-electron chi connectivity index (χ2n) is 6.63. The lowest BCUT2D eigenvalue weighted by atomic mass is 10.1. The van der Waals surface area contributed by atoms with E-state index in [0.29, 0.717) is 19.5 Å². The number of para-hydroxylation sites is 1. The first-order chi connectivity index (χ1) is 12.2. The second kappa shape index (κ2) is 8.45. The summed E-state index contributed by atoms with van der Waals surface area (Å²) in [5, 5.41) is 2.99. The third-order valence-electron chi connectivity index (χ3n) is 4.99. The van der Waals surface area contributed by atoms with Crippen LogP contribution in [0.5, 0.6) is 0 Å². The first-order valence-corrected chi connectivity index (χ1v) is 9.15. The van der Waals surface area contributed by atoms with Crippen LogP contribution in [-0.2, 0) is 20.7 Å². The molecular weight excluding hydrogens is 318 g/mol. The second-order valence-corrected chi connectivity index (χ2v) is 6.63. The molecule has 2 saturated heterocycles. The van der Waals surface area contributed by atoms with Crippen LogP contribution in [0.1, 0.15) is 18.9 Å². The van der Waals surface area contributed by atoms with Gasteiger partial charge >= 0.3 is 0 Å². The number of ether oxygens (including phenoxy) is 1. The van der Waals surface area contributed by atoms with E-state index in [-0.39, 0.29) is 17.7 Å². The fourth-order valence-corrected chi connectivity index (χ4v) is 3.50. The number of rotatable bonds is 6. The topological polar surface area (TPSA) is 61.9 Å². The molecule has 2 heterocycles. The fourth-order valence-electron chi connectivity index (χ4n) is 3.50. The Morgan fingerprint density at radius 3 is 2.80 bits per heavy atom. The van der Waals surface area contributed by atoms with Gasteiger partial charge in [-0.25, -0.2) is 0 Å². The van der Waals surface area contributed by atoms with E-state index in [1.807, 2.05) is 24.3 Å². The highest BCUT2D eigenvalue weighted by atomic mass is 16.5. The Kier molecular flexibility index (Phi) is 6.04. The third kappa shape index (κ3) is 4.38. The number of hydrogen-bond donors (Lipinski definition) is 1. The Morgan fingerprint density at radius 2 is 2.04 bits per heavy atom. The van der Waals surface area contributed by atoms with Crippen molar-refractivity contribution in [3.8, 4) is 0 Å². The smallest absolute Gasteiger partial charge is 0.227 e. The summed E-state index contributed by atoms with van der Waals surface area (Å²) in [5.74, 6) is -0.241. The van der Waals surface area contributed by atoms with E-state index in [1.165, 1.54) is 0 Å². The van der Waals surface area contributed by atoms with Crippen LogP contribution in [0.25, 0.3) is 0 Å². The molecule has 0 radical (unpaired) electrons. The molecule has 0 aromatic heterocycles. The number of carbonyl (C=O) groups excluding carboxylic acids is 2. The minimum Gasteiger partial charge on any atom is -0.379 e. The largest absolute Gasteiger partial charge is 0.379 e. The molecule has 25 heavy (non-hydrogen) atoms.